The third-order valence-electron chi connectivity index (χ3n) is 1.16. The molecular weight excluding hydrogens is 132 g/mol. The number of hydrogen-bond donors (Lipinski definition) is 0. The van der Waals surface area contributed by atoms with Crippen LogP contribution in [0.4, 0.5) is 0 Å². The molecule has 0 atom stereocenters. The van der Waals surface area contributed by atoms with Crippen molar-refractivity contribution in [3.63, 3.8) is 0 Å². The highest BCUT2D eigenvalue weighted by Gasteiger charge is 1.87. The largest absolute Gasteiger partial charge is 0.122 e. The van der Waals surface area contributed by atoms with Gasteiger partial charge in [0.05, 0.1) is 0 Å². The molecule has 0 unspecified atom stereocenters. The zero-order valence-electron chi connectivity index (χ0n) is 5.32. The zero-order chi connectivity index (χ0) is 6.69. The van der Waals surface area contributed by atoms with Crippen LogP contribution in [0.3, 0.4) is 0 Å². The highest BCUT2D eigenvalue weighted by atomic mass is 35.5. The van der Waals surface area contributed by atoms with E-state index in [9.17, 15) is 0 Å². The van der Waals surface area contributed by atoms with Gasteiger partial charge in [-0.1, -0.05) is 23.8 Å². The number of alkyl halides is 1. The van der Waals surface area contributed by atoms with Crippen LogP contribution < -0.4 is 0 Å². The van der Waals surface area contributed by atoms with Crippen molar-refractivity contribution < 1.29 is 0 Å². The minimum atomic E-state index is 0.557. The maximum Gasteiger partial charge on any atom is 0.0480 e. The predicted octanol–water partition coefficient (Wildman–Crippen LogP) is 2.53. The van der Waals surface area contributed by atoms with Gasteiger partial charge in [-0.2, -0.15) is 0 Å². The molecule has 0 aromatic heterocycles. The van der Waals surface area contributed by atoms with E-state index in [1.807, 2.05) is 25.1 Å². The predicted molar refractivity (Wildman–Crippen MR) is 39.6 cm³/mol. The molecule has 9 heavy (non-hydrogen) atoms. The molecule has 1 radical (unpaired) electrons. The topological polar surface area (TPSA) is 0 Å². The van der Waals surface area contributed by atoms with E-state index in [2.05, 4.69) is 6.07 Å². The fourth-order valence-corrected chi connectivity index (χ4v) is 0.876. The summed E-state index contributed by atoms with van der Waals surface area (Å²) in [5, 5.41) is 0. The second-order valence-electron chi connectivity index (χ2n) is 2.02. The minimum absolute atomic E-state index is 0.557. The quantitative estimate of drug-likeness (QED) is 0.525. The normalized spacial score (nSPS) is 9.56. The van der Waals surface area contributed by atoms with Crippen LogP contribution in [-0.2, 0) is 5.88 Å². The van der Waals surface area contributed by atoms with Crippen molar-refractivity contribution in [1.29, 1.82) is 0 Å². The van der Waals surface area contributed by atoms with Crippen molar-refractivity contribution in [3.8, 4) is 0 Å². The molecule has 0 amide bonds. The van der Waals surface area contributed by atoms with Crippen molar-refractivity contribution in [2.45, 2.75) is 12.8 Å². The van der Waals surface area contributed by atoms with Crippen LogP contribution in [0.25, 0.3) is 0 Å². The first-order chi connectivity index (χ1) is 4.33. The first-order valence-electron chi connectivity index (χ1n) is 2.86. The highest BCUT2D eigenvalue weighted by molar-refractivity contribution is 6.17. The van der Waals surface area contributed by atoms with Gasteiger partial charge in [0.2, 0.25) is 0 Å². The molecular formula is C8H8Cl. The summed E-state index contributed by atoms with van der Waals surface area (Å²) in [6, 6.07) is 8.97. The summed E-state index contributed by atoms with van der Waals surface area (Å²) in [7, 11) is 0. The molecule has 1 heteroatoms. The first kappa shape index (κ1) is 6.63. The Bertz CT molecular complexity index is 194. The van der Waals surface area contributed by atoms with E-state index >= 15 is 0 Å². The fourth-order valence-electron chi connectivity index (χ4n) is 0.722. The molecule has 0 bridgehead atoms. The summed E-state index contributed by atoms with van der Waals surface area (Å²) in [4.78, 5) is 0. The van der Waals surface area contributed by atoms with E-state index in [4.69, 9.17) is 11.6 Å². The lowest BCUT2D eigenvalue weighted by molar-refractivity contribution is 1.34. The van der Waals surface area contributed by atoms with Crippen LogP contribution in [-0.4, -0.2) is 0 Å². The number of hydrogen-bond acceptors (Lipinski definition) is 0. The van der Waals surface area contributed by atoms with Gasteiger partial charge >= 0.3 is 0 Å². The minimum Gasteiger partial charge on any atom is -0.122 e. The number of halogens is 1. The average molecular weight is 140 g/mol. The van der Waals surface area contributed by atoms with Crippen molar-refractivity contribution in [2.75, 3.05) is 0 Å². The molecule has 0 N–H and O–H groups in total. The maximum absolute atomic E-state index is 5.57. The fraction of sp³-hybridized carbons (Fsp3) is 0.250. The Balaban J connectivity index is 2.94. The number of benzene rings is 1. The van der Waals surface area contributed by atoms with Crippen LogP contribution in [0.15, 0.2) is 18.2 Å². The molecule has 0 saturated carbocycles. The molecule has 0 fully saturated rings. The van der Waals surface area contributed by atoms with Crippen LogP contribution >= 0.6 is 11.6 Å². The molecule has 0 saturated heterocycles. The van der Waals surface area contributed by atoms with E-state index in [1.165, 1.54) is 5.56 Å². The van der Waals surface area contributed by atoms with Gasteiger partial charge in [-0.05, 0) is 18.6 Å². The lowest BCUT2D eigenvalue weighted by Gasteiger charge is -1.93. The first-order valence-corrected chi connectivity index (χ1v) is 3.39. The lowest BCUT2D eigenvalue weighted by atomic mass is 10.2. The molecule has 0 heterocycles. The highest BCUT2D eigenvalue weighted by Crippen LogP contribution is 2.04. The smallest absolute Gasteiger partial charge is 0.0480 e. The van der Waals surface area contributed by atoms with Gasteiger partial charge in [0.25, 0.3) is 0 Å². The second kappa shape index (κ2) is 2.88. The summed E-state index contributed by atoms with van der Waals surface area (Å²) in [6.07, 6.45) is 0. The van der Waals surface area contributed by atoms with Gasteiger partial charge < -0.3 is 0 Å². The van der Waals surface area contributed by atoms with Crippen molar-refractivity contribution in [2.24, 2.45) is 0 Å². The molecule has 0 aliphatic carbocycles. The van der Waals surface area contributed by atoms with Gasteiger partial charge in [-0.25, -0.2) is 0 Å². The summed E-state index contributed by atoms with van der Waals surface area (Å²) in [5.41, 5.74) is 2.31. The summed E-state index contributed by atoms with van der Waals surface area (Å²) in [6.45, 7) is 2.05. The second-order valence-corrected chi connectivity index (χ2v) is 2.29. The van der Waals surface area contributed by atoms with Gasteiger partial charge in [0.15, 0.2) is 0 Å². The molecule has 1 aromatic carbocycles. The van der Waals surface area contributed by atoms with Crippen LogP contribution in [0.2, 0.25) is 0 Å². The van der Waals surface area contributed by atoms with Crippen LogP contribution in [0, 0.1) is 13.0 Å². The molecule has 0 aliphatic heterocycles. The molecule has 1 rings (SSSR count). The van der Waals surface area contributed by atoms with Gasteiger partial charge in [-0.3, -0.25) is 0 Å². The Kier molecular flexibility index (Phi) is 2.12. The van der Waals surface area contributed by atoms with Crippen LogP contribution in [0.1, 0.15) is 11.1 Å². The molecule has 0 aliphatic rings. The van der Waals surface area contributed by atoms with E-state index in [1.54, 1.807) is 0 Å². The Morgan fingerprint density at radius 2 is 2.44 bits per heavy atom. The van der Waals surface area contributed by atoms with E-state index in [-0.39, 0.29) is 0 Å². The molecule has 47 valence electrons. The van der Waals surface area contributed by atoms with E-state index in [0.29, 0.717) is 5.88 Å². The van der Waals surface area contributed by atoms with Crippen molar-refractivity contribution in [3.05, 3.63) is 35.4 Å². The van der Waals surface area contributed by atoms with E-state index < -0.39 is 0 Å². The monoisotopic (exact) mass is 139 g/mol. The summed E-state index contributed by atoms with van der Waals surface area (Å²) < 4.78 is 0. The number of rotatable bonds is 1. The standard InChI is InChI=1S/C8H8Cl/c1-7-3-2-4-8(5-7)6-9/h2-3,5H,6H2,1H3. The maximum atomic E-state index is 5.57. The Morgan fingerprint density at radius 1 is 1.67 bits per heavy atom. The third kappa shape index (κ3) is 1.72. The van der Waals surface area contributed by atoms with Gasteiger partial charge in [-0.15, -0.1) is 11.6 Å². The SMILES string of the molecule is Cc1cc[c]c(CCl)c1. The van der Waals surface area contributed by atoms with Gasteiger partial charge in [0, 0.05) is 5.88 Å². The Labute approximate surface area is 60.5 Å². The zero-order valence-corrected chi connectivity index (χ0v) is 6.07. The Hall–Kier alpha value is -0.490. The van der Waals surface area contributed by atoms with Crippen molar-refractivity contribution in [1.82, 2.24) is 0 Å². The molecule has 0 spiro atoms. The number of aryl methyl sites for hydroxylation is 1. The summed E-state index contributed by atoms with van der Waals surface area (Å²) >= 11 is 5.57. The third-order valence-corrected chi connectivity index (χ3v) is 1.45. The van der Waals surface area contributed by atoms with Crippen LogP contribution in [0.5, 0.6) is 0 Å². The molecule has 1 aromatic rings. The van der Waals surface area contributed by atoms with Crippen molar-refractivity contribution >= 4 is 11.6 Å². The average Bonchev–Trinajstić information content (AvgIpc) is 1.88. The van der Waals surface area contributed by atoms with Gasteiger partial charge in [0.1, 0.15) is 0 Å². The molecule has 0 nitrogen and oxygen atoms in total. The Morgan fingerprint density at radius 3 is 2.89 bits per heavy atom. The summed E-state index contributed by atoms with van der Waals surface area (Å²) in [5.74, 6) is 0.557. The lowest BCUT2D eigenvalue weighted by Crippen LogP contribution is -1.77. The van der Waals surface area contributed by atoms with E-state index in [0.717, 1.165) is 5.56 Å².